The smallest absolute Gasteiger partial charge is 0.282 e. The van der Waals surface area contributed by atoms with Gasteiger partial charge in [0.2, 0.25) is 0 Å². The van der Waals surface area contributed by atoms with Crippen molar-refractivity contribution in [1.82, 2.24) is 4.98 Å². The number of halogens is 2. The first-order chi connectivity index (χ1) is 12.5. The van der Waals surface area contributed by atoms with Crippen LogP contribution in [-0.2, 0) is 0 Å². The topological polar surface area (TPSA) is 42.0 Å². The van der Waals surface area contributed by atoms with Crippen molar-refractivity contribution in [3.05, 3.63) is 64.1 Å². The number of anilines is 1. The van der Waals surface area contributed by atoms with Crippen LogP contribution in [-0.4, -0.2) is 17.1 Å². The minimum Gasteiger partial charge on any atom is -0.321 e. The van der Waals surface area contributed by atoms with E-state index in [-0.39, 0.29) is 4.88 Å². The second-order valence-electron chi connectivity index (χ2n) is 5.48. The van der Waals surface area contributed by atoms with Crippen LogP contribution in [0.15, 0.2) is 53.4 Å². The van der Waals surface area contributed by atoms with E-state index in [1.807, 2.05) is 42.7 Å². The fourth-order valence-electron chi connectivity index (χ4n) is 2.57. The van der Waals surface area contributed by atoms with Crippen molar-refractivity contribution in [2.45, 2.75) is 18.2 Å². The third-order valence-corrected chi connectivity index (χ3v) is 5.44. The van der Waals surface area contributed by atoms with Gasteiger partial charge in [-0.2, -0.15) is 0 Å². The summed E-state index contributed by atoms with van der Waals surface area (Å²) in [5, 5.41) is 3.20. The molecule has 2 aromatic carbocycles. The first kappa shape index (κ1) is 18.5. The number of benzene rings is 2. The number of aryl methyl sites for hydroxylation is 1. The van der Waals surface area contributed by atoms with Gasteiger partial charge in [0.1, 0.15) is 10.6 Å². The molecule has 0 atom stereocenters. The van der Waals surface area contributed by atoms with Gasteiger partial charge in [-0.15, -0.1) is 23.1 Å². The molecule has 0 radical (unpaired) electrons. The molecule has 0 bridgehead atoms. The minimum absolute atomic E-state index is 0.0508. The molecular weight excluding hydrogens is 374 g/mol. The Morgan fingerprint density at radius 3 is 2.69 bits per heavy atom. The summed E-state index contributed by atoms with van der Waals surface area (Å²) in [6.45, 7) is 1.61. The first-order valence-electron chi connectivity index (χ1n) is 7.80. The molecule has 0 aliphatic carbocycles. The molecule has 0 aliphatic rings. The van der Waals surface area contributed by atoms with E-state index in [1.54, 1.807) is 30.8 Å². The van der Waals surface area contributed by atoms with Crippen LogP contribution >= 0.6 is 23.1 Å². The van der Waals surface area contributed by atoms with Crippen LogP contribution in [0.2, 0.25) is 0 Å². The summed E-state index contributed by atoms with van der Waals surface area (Å²) in [5.74, 6) is -0.570. The maximum atomic E-state index is 13.1. The van der Waals surface area contributed by atoms with Gasteiger partial charge in [-0.05, 0) is 36.9 Å². The quantitative estimate of drug-likeness (QED) is 0.541. The van der Waals surface area contributed by atoms with E-state index in [0.717, 1.165) is 27.4 Å². The van der Waals surface area contributed by atoms with E-state index in [4.69, 9.17) is 0 Å². The van der Waals surface area contributed by atoms with E-state index in [0.29, 0.717) is 10.7 Å². The summed E-state index contributed by atoms with van der Waals surface area (Å²) >= 11 is 2.60. The molecule has 0 fully saturated rings. The molecule has 1 heterocycles. The second-order valence-corrected chi connectivity index (χ2v) is 7.56. The van der Waals surface area contributed by atoms with Crippen LogP contribution in [0, 0.1) is 6.92 Å². The summed E-state index contributed by atoms with van der Waals surface area (Å²) < 4.78 is 26.3. The average molecular weight is 390 g/mol. The number of rotatable bonds is 5. The zero-order chi connectivity index (χ0) is 18.7. The van der Waals surface area contributed by atoms with Crippen molar-refractivity contribution in [2.24, 2.45) is 0 Å². The Balaban J connectivity index is 1.95. The molecule has 3 rings (SSSR count). The van der Waals surface area contributed by atoms with Gasteiger partial charge in [-0.3, -0.25) is 4.79 Å². The van der Waals surface area contributed by atoms with Crippen molar-refractivity contribution in [2.75, 3.05) is 11.6 Å². The van der Waals surface area contributed by atoms with Gasteiger partial charge < -0.3 is 5.32 Å². The average Bonchev–Trinajstić information content (AvgIpc) is 3.04. The Morgan fingerprint density at radius 1 is 1.19 bits per heavy atom. The van der Waals surface area contributed by atoms with Crippen LogP contribution in [0.4, 0.5) is 14.5 Å². The molecule has 0 unspecified atom stereocenters. The van der Waals surface area contributed by atoms with Crippen molar-refractivity contribution in [3.8, 4) is 11.1 Å². The fraction of sp³-hybridized carbons (Fsp3) is 0.158. The van der Waals surface area contributed by atoms with Gasteiger partial charge in [0, 0.05) is 16.1 Å². The number of nitrogens with zero attached hydrogens (tertiary/aromatic N) is 1. The summed E-state index contributed by atoms with van der Waals surface area (Å²) in [6.07, 6.45) is -0.792. The number of hydrogen-bond acceptors (Lipinski definition) is 4. The Labute approximate surface area is 158 Å². The van der Waals surface area contributed by atoms with Gasteiger partial charge in [0.25, 0.3) is 12.3 Å². The lowest BCUT2D eigenvalue weighted by atomic mass is 10.0. The Kier molecular flexibility index (Phi) is 5.68. The van der Waals surface area contributed by atoms with E-state index in [1.165, 1.54) is 0 Å². The predicted octanol–water partition coefficient (Wildman–Crippen LogP) is 6.03. The van der Waals surface area contributed by atoms with Crippen molar-refractivity contribution >= 4 is 34.7 Å². The van der Waals surface area contributed by atoms with E-state index in [9.17, 15) is 13.6 Å². The number of nitrogens with one attached hydrogen (secondary N) is 1. The van der Waals surface area contributed by atoms with Gasteiger partial charge in [-0.1, -0.05) is 30.3 Å². The van der Waals surface area contributed by atoms with Crippen molar-refractivity contribution < 1.29 is 13.6 Å². The summed E-state index contributed by atoms with van der Waals surface area (Å²) in [5.41, 5.74) is 1.88. The van der Waals surface area contributed by atoms with Crippen LogP contribution in [0.25, 0.3) is 11.1 Å². The largest absolute Gasteiger partial charge is 0.321 e. The lowest BCUT2D eigenvalue weighted by molar-refractivity contribution is 0.101. The predicted molar refractivity (Wildman–Crippen MR) is 103 cm³/mol. The van der Waals surface area contributed by atoms with Crippen LogP contribution in [0.5, 0.6) is 0 Å². The molecule has 1 N–H and O–H groups in total. The Bertz CT molecular complexity index is 941. The molecule has 1 aromatic heterocycles. The summed E-state index contributed by atoms with van der Waals surface area (Å²) in [7, 11) is 0. The van der Waals surface area contributed by atoms with Crippen LogP contribution < -0.4 is 5.32 Å². The standard InChI is InChI=1S/C19H16F2N2OS2/c1-11-22-16(18(20)21)17(26-11)19(24)23-15-9-4-3-8-14(15)12-6-5-7-13(10-12)25-2/h3-10,18H,1-2H3,(H,23,24). The Morgan fingerprint density at radius 2 is 1.96 bits per heavy atom. The molecule has 0 saturated heterocycles. The maximum absolute atomic E-state index is 13.1. The third kappa shape index (κ3) is 3.94. The molecule has 1 amide bonds. The number of thiazole rings is 1. The number of carbonyl (C=O) groups is 1. The molecule has 0 saturated carbocycles. The number of carbonyl (C=O) groups excluding carboxylic acids is 1. The molecule has 0 spiro atoms. The van der Waals surface area contributed by atoms with Gasteiger partial charge in [-0.25, -0.2) is 13.8 Å². The number of hydrogen-bond donors (Lipinski definition) is 1. The van der Waals surface area contributed by atoms with Gasteiger partial charge >= 0.3 is 0 Å². The molecule has 3 nitrogen and oxygen atoms in total. The number of para-hydroxylation sites is 1. The fourth-order valence-corrected chi connectivity index (χ4v) is 3.85. The highest BCUT2D eigenvalue weighted by Gasteiger charge is 2.24. The zero-order valence-corrected chi connectivity index (χ0v) is 15.8. The Hall–Kier alpha value is -2.25. The van der Waals surface area contributed by atoms with E-state index < -0.39 is 18.0 Å². The highest BCUT2D eigenvalue weighted by atomic mass is 32.2. The molecule has 0 aliphatic heterocycles. The van der Waals surface area contributed by atoms with Gasteiger partial charge in [0.15, 0.2) is 0 Å². The normalized spacial score (nSPS) is 11.0. The lowest BCUT2D eigenvalue weighted by Gasteiger charge is -2.12. The maximum Gasteiger partial charge on any atom is 0.282 e. The highest BCUT2D eigenvalue weighted by molar-refractivity contribution is 7.98. The molecule has 134 valence electrons. The van der Waals surface area contributed by atoms with E-state index >= 15 is 0 Å². The summed E-state index contributed by atoms with van der Waals surface area (Å²) in [4.78, 5) is 17.4. The van der Waals surface area contributed by atoms with Crippen LogP contribution in [0.3, 0.4) is 0 Å². The number of thioether (sulfide) groups is 1. The lowest BCUT2D eigenvalue weighted by Crippen LogP contribution is -2.13. The van der Waals surface area contributed by atoms with Crippen LogP contribution in [0.1, 0.15) is 26.8 Å². The first-order valence-corrected chi connectivity index (χ1v) is 9.84. The number of alkyl halides is 2. The SMILES string of the molecule is CSc1cccc(-c2ccccc2NC(=O)c2sc(C)nc2C(F)F)c1. The number of aromatic nitrogens is 1. The van der Waals surface area contributed by atoms with E-state index in [2.05, 4.69) is 10.3 Å². The highest BCUT2D eigenvalue weighted by Crippen LogP contribution is 2.32. The van der Waals surface area contributed by atoms with Gasteiger partial charge in [0.05, 0.1) is 5.01 Å². The molecule has 7 heteroatoms. The molecular formula is C19H16F2N2OS2. The zero-order valence-electron chi connectivity index (χ0n) is 14.1. The monoisotopic (exact) mass is 390 g/mol. The minimum atomic E-state index is -2.78. The third-order valence-electron chi connectivity index (χ3n) is 3.73. The van der Waals surface area contributed by atoms with Crippen molar-refractivity contribution in [3.63, 3.8) is 0 Å². The molecule has 26 heavy (non-hydrogen) atoms. The summed E-state index contributed by atoms with van der Waals surface area (Å²) in [6, 6.07) is 15.2. The second kappa shape index (κ2) is 7.97. The molecule has 3 aromatic rings. The number of amides is 1. The van der Waals surface area contributed by atoms with Crippen molar-refractivity contribution in [1.29, 1.82) is 0 Å².